The highest BCUT2D eigenvalue weighted by molar-refractivity contribution is 9.10. The maximum Gasteiger partial charge on any atom is 0.324 e. The van der Waals surface area contributed by atoms with Crippen molar-refractivity contribution in [2.45, 2.75) is 16.6 Å². The van der Waals surface area contributed by atoms with Crippen LogP contribution in [-0.2, 0) is 20.4 Å². The van der Waals surface area contributed by atoms with E-state index in [1.807, 2.05) is 12.1 Å². The minimum Gasteiger partial charge on any atom is -0.426 e. The van der Waals surface area contributed by atoms with Gasteiger partial charge in [-0.05, 0) is 31.2 Å². The monoisotopic (exact) mass is 331 g/mol. The van der Waals surface area contributed by atoms with Gasteiger partial charge < -0.3 is 9.47 Å². The van der Waals surface area contributed by atoms with E-state index in [1.54, 1.807) is 6.92 Å². The summed E-state index contributed by atoms with van der Waals surface area (Å²) in [6.45, 7) is 3.45. The molecule has 3 nitrogen and oxygen atoms in total. The number of alkyl halides is 1. The van der Waals surface area contributed by atoms with Crippen LogP contribution in [0, 0.1) is 0 Å². The molecule has 5 heteroatoms. The molecule has 2 rings (SSSR count). The number of carbonyl (C=O) groups is 1. The first-order chi connectivity index (χ1) is 8.66. The van der Waals surface area contributed by atoms with Crippen LogP contribution >= 0.6 is 15.9 Å². The lowest BCUT2D eigenvalue weighted by atomic mass is 10.3. The van der Waals surface area contributed by atoms with Crippen LogP contribution in [0.5, 0.6) is 5.75 Å². The number of hydrogen-bond acceptors (Lipinski definition) is 3. The van der Waals surface area contributed by atoms with Crippen LogP contribution in [0.2, 0.25) is 0 Å². The maximum absolute atomic E-state index is 11.4. The molecule has 1 aliphatic heterocycles. The molecule has 0 aromatic heterocycles. The Morgan fingerprint density at radius 1 is 1.33 bits per heavy atom. The highest BCUT2D eigenvalue weighted by Gasteiger charge is 2.25. The fourth-order valence-electron chi connectivity index (χ4n) is 1.66. The molecule has 0 radical (unpaired) electrons. The van der Waals surface area contributed by atoms with Gasteiger partial charge in [0.1, 0.15) is 22.1 Å². The number of hydrogen-bond donors (Lipinski definition) is 0. The van der Waals surface area contributed by atoms with Crippen LogP contribution in [0.25, 0.3) is 0 Å². The van der Waals surface area contributed by atoms with E-state index in [2.05, 4.69) is 28.1 Å². The molecule has 0 aliphatic carbocycles. The van der Waals surface area contributed by atoms with Gasteiger partial charge in [0.25, 0.3) is 0 Å². The number of rotatable bonds is 3. The number of ether oxygens (including phenoxy) is 2. The molecule has 1 atom stereocenters. The van der Waals surface area contributed by atoms with E-state index in [1.165, 1.54) is 4.90 Å². The van der Waals surface area contributed by atoms with E-state index in [-0.39, 0.29) is 21.7 Å². The molecular weight excluding hydrogens is 316 g/mol. The van der Waals surface area contributed by atoms with E-state index < -0.39 is 0 Å². The second kappa shape index (κ2) is 6.59. The molecule has 0 spiro atoms. The second-order valence-electron chi connectivity index (χ2n) is 4.02. The van der Waals surface area contributed by atoms with Gasteiger partial charge in [-0.15, -0.1) is 0 Å². The maximum atomic E-state index is 11.4. The summed E-state index contributed by atoms with van der Waals surface area (Å²) in [6, 6.07) is 7.84. The van der Waals surface area contributed by atoms with Gasteiger partial charge in [0.05, 0.1) is 13.2 Å². The molecule has 0 saturated carbocycles. The lowest BCUT2D eigenvalue weighted by Gasteiger charge is -2.14. The van der Waals surface area contributed by atoms with Crippen LogP contribution in [0.15, 0.2) is 29.2 Å². The van der Waals surface area contributed by atoms with Crippen molar-refractivity contribution < 1.29 is 14.3 Å². The Labute approximate surface area is 118 Å². The molecule has 1 saturated heterocycles. The molecule has 1 heterocycles. The van der Waals surface area contributed by atoms with Gasteiger partial charge in [0.2, 0.25) is 0 Å². The minimum absolute atomic E-state index is 0.267. The molecule has 1 aromatic carbocycles. The Morgan fingerprint density at radius 3 is 2.50 bits per heavy atom. The summed E-state index contributed by atoms with van der Waals surface area (Å²) < 4.78 is 10.6. The first-order valence-electron chi connectivity index (χ1n) is 5.88. The predicted octanol–water partition coefficient (Wildman–Crippen LogP) is 2.38. The summed E-state index contributed by atoms with van der Waals surface area (Å²) in [5.74, 6) is 2.53. The highest BCUT2D eigenvalue weighted by Crippen LogP contribution is 2.21. The van der Waals surface area contributed by atoms with Crippen LogP contribution < -0.4 is 4.74 Å². The zero-order valence-corrected chi connectivity index (χ0v) is 12.6. The van der Waals surface area contributed by atoms with Crippen molar-refractivity contribution in [3.63, 3.8) is 0 Å². The molecular formula is C13H16BrO3S+. The average molecular weight is 332 g/mol. The molecule has 18 heavy (non-hydrogen) atoms. The molecule has 1 unspecified atom stereocenters. The van der Waals surface area contributed by atoms with Crippen molar-refractivity contribution in [1.82, 2.24) is 0 Å². The zero-order valence-electron chi connectivity index (χ0n) is 10.2. The summed E-state index contributed by atoms with van der Waals surface area (Å²) in [6.07, 6.45) is 0. The van der Waals surface area contributed by atoms with E-state index in [9.17, 15) is 4.79 Å². The summed E-state index contributed by atoms with van der Waals surface area (Å²) in [5.41, 5.74) is 0. The summed E-state index contributed by atoms with van der Waals surface area (Å²) in [4.78, 5) is 12.5. The van der Waals surface area contributed by atoms with Gasteiger partial charge in [0.15, 0.2) is 4.90 Å². The quantitative estimate of drug-likeness (QED) is 0.369. The summed E-state index contributed by atoms with van der Waals surface area (Å²) >= 11 is 3.19. The first-order valence-corrected chi connectivity index (χ1v) is 8.36. The zero-order chi connectivity index (χ0) is 13.0. The van der Waals surface area contributed by atoms with Gasteiger partial charge >= 0.3 is 5.97 Å². The third kappa shape index (κ3) is 3.73. The Balaban J connectivity index is 1.98. The van der Waals surface area contributed by atoms with Crippen LogP contribution in [0.3, 0.4) is 0 Å². The average Bonchev–Trinajstić information content (AvgIpc) is 2.40. The van der Waals surface area contributed by atoms with E-state index >= 15 is 0 Å². The Morgan fingerprint density at radius 2 is 1.94 bits per heavy atom. The third-order valence-electron chi connectivity index (χ3n) is 2.65. The standard InChI is InChI=1S/C13H16BrO3S/c1-10(14)13(15)17-11-2-4-12(5-3-11)18-8-6-16-7-9-18/h2-5,10H,6-9H2,1H3/q+1. The Hall–Kier alpha value is -0.520. The van der Waals surface area contributed by atoms with Crippen LogP contribution in [-0.4, -0.2) is 35.5 Å². The highest BCUT2D eigenvalue weighted by atomic mass is 79.9. The van der Waals surface area contributed by atoms with Crippen molar-refractivity contribution in [1.29, 1.82) is 0 Å². The van der Waals surface area contributed by atoms with Crippen LogP contribution in [0.4, 0.5) is 0 Å². The number of esters is 1. The molecule has 0 N–H and O–H groups in total. The molecule has 0 amide bonds. The number of halogens is 1. The first kappa shape index (κ1) is 13.9. The van der Waals surface area contributed by atoms with Gasteiger partial charge in [-0.25, -0.2) is 0 Å². The molecule has 1 aliphatic rings. The Bertz CT molecular complexity index is 399. The summed E-state index contributed by atoms with van der Waals surface area (Å²) in [5, 5.41) is 0. The van der Waals surface area contributed by atoms with Gasteiger partial charge in [0, 0.05) is 10.9 Å². The van der Waals surface area contributed by atoms with E-state index in [4.69, 9.17) is 9.47 Å². The second-order valence-corrected chi connectivity index (χ2v) is 7.67. The summed E-state index contributed by atoms with van der Waals surface area (Å²) in [7, 11) is 0.287. The van der Waals surface area contributed by atoms with Gasteiger partial charge in [-0.3, -0.25) is 4.79 Å². The molecule has 0 bridgehead atoms. The smallest absolute Gasteiger partial charge is 0.324 e. The lowest BCUT2D eigenvalue weighted by molar-refractivity contribution is -0.133. The van der Waals surface area contributed by atoms with Crippen molar-refractivity contribution in [3.05, 3.63) is 24.3 Å². The normalized spacial score (nSPS) is 18.3. The Kier molecular flexibility index (Phi) is 5.09. The fourth-order valence-corrected chi connectivity index (χ4v) is 3.58. The van der Waals surface area contributed by atoms with Crippen molar-refractivity contribution in [2.24, 2.45) is 0 Å². The topological polar surface area (TPSA) is 35.5 Å². The largest absolute Gasteiger partial charge is 0.426 e. The molecule has 1 aromatic rings. The van der Waals surface area contributed by atoms with E-state index in [0.717, 1.165) is 24.7 Å². The van der Waals surface area contributed by atoms with Gasteiger partial charge in [-0.2, -0.15) is 0 Å². The van der Waals surface area contributed by atoms with Crippen molar-refractivity contribution in [2.75, 3.05) is 24.7 Å². The third-order valence-corrected chi connectivity index (χ3v) is 5.28. The lowest BCUT2D eigenvalue weighted by Crippen LogP contribution is -2.26. The molecule has 98 valence electrons. The van der Waals surface area contributed by atoms with Crippen molar-refractivity contribution in [3.8, 4) is 5.75 Å². The van der Waals surface area contributed by atoms with E-state index in [0.29, 0.717) is 5.75 Å². The number of carbonyl (C=O) groups excluding carboxylic acids is 1. The SMILES string of the molecule is CC(Br)C(=O)Oc1ccc([S+]2CCOCC2)cc1. The predicted molar refractivity (Wildman–Crippen MR) is 76.7 cm³/mol. The van der Waals surface area contributed by atoms with Crippen LogP contribution in [0.1, 0.15) is 6.92 Å². The van der Waals surface area contributed by atoms with Crippen molar-refractivity contribution >= 4 is 32.8 Å². The van der Waals surface area contributed by atoms with Gasteiger partial charge in [-0.1, -0.05) is 15.9 Å². The molecule has 1 fully saturated rings. The number of benzene rings is 1. The minimum atomic E-state index is -0.283. The fraction of sp³-hybridized carbons (Fsp3) is 0.462.